The zero-order valence-corrected chi connectivity index (χ0v) is 15.6. The van der Waals surface area contributed by atoms with Crippen molar-refractivity contribution in [2.24, 2.45) is 0 Å². The molecule has 1 aliphatic carbocycles. The Morgan fingerprint density at radius 2 is 1.77 bits per heavy atom. The number of pyridine rings is 1. The van der Waals surface area contributed by atoms with E-state index in [1.165, 1.54) is 21.4 Å². The minimum atomic E-state index is -0.932. The van der Waals surface area contributed by atoms with Crippen LogP contribution in [0.1, 0.15) is 42.7 Å². The first-order valence-corrected chi connectivity index (χ1v) is 9.52. The molecule has 3 heterocycles. The van der Waals surface area contributed by atoms with Gasteiger partial charge in [-0.25, -0.2) is 27.6 Å². The highest BCUT2D eigenvalue weighted by atomic mass is 19.1. The van der Waals surface area contributed by atoms with Gasteiger partial charge >= 0.3 is 5.69 Å². The van der Waals surface area contributed by atoms with Crippen LogP contribution in [0.15, 0.2) is 35.3 Å². The summed E-state index contributed by atoms with van der Waals surface area (Å²) in [6.45, 7) is 0. The van der Waals surface area contributed by atoms with E-state index in [1.54, 1.807) is 0 Å². The van der Waals surface area contributed by atoms with E-state index in [-0.39, 0.29) is 23.6 Å². The molecule has 0 saturated heterocycles. The van der Waals surface area contributed by atoms with E-state index in [0.29, 0.717) is 43.1 Å². The van der Waals surface area contributed by atoms with Crippen molar-refractivity contribution in [2.75, 3.05) is 0 Å². The van der Waals surface area contributed by atoms with Crippen molar-refractivity contribution in [3.05, 3.63) is 75.7 Å². The fourth-order valence-electron chi connectivity index (χ4n) is 4.13. The molecule has 0 amide bonds. The first kappa shape index (κ1) is 18.8. The van der Waals surface area contributed by atoms with E-state index >= 15 is 0 Å². The first-order valence-electron chi connectivity index (χ1n) is 9.52. The maximum Gasteiger partial charge on any atom is 0.346 e. The predicted molar refractivity (Wildman–Crippen MR) is 96.1 cm³/mol. The van der Waals surface area contributed by atoms with Gasteiger partial charge in [0.15, 0.2) is 11.6 Å². The molecule has 0 spiro atoms. The number of hydrogen-bond donors (Lipinski definition) is 0. The van der Waals surface area contributed by atoms with Crippen LogP contribution in [-0.2, 0) is 6.42 Å². The first-order chi connectivity index (χ1) is 14.4. The molecule has 6 nitrogen and oxygen atoms in total. The smallest absolute Gasteiger partial charge is 0.346 e. The summed E-state index contributed by atoms with van der Waals surface area (Å²) in [7, 11) is 0. The van der Waals surface area contributed by atoms with E-state index in [4.69, 9.17) is 4.74 Å². The SMILES string of the molecule is O=c1n(C2CC(Oc3cnc(F)cc3F)C2)nc2n1[C@H](c1cc(F)cc(F)c1)CC2. The van der Waals surface area contributed by atoms with Crippen LogP contribution in [0.2, 0.25) is 0 Å². The summed E-state index contributed by atoms with van der Waals surface area (Å²) < 4.78 is 62.1. The highest BCUT2D eigenvalue weighted by Gasteiger charge is 2.38. The fourth-order valence-corrected chi connectivity index (χ4v) is 4.13. The molecule has 0 radical (unpaired) electrons. The second-order valence-electron chi connectivity index (χ2n) is 7.57. The minimum Gasteiger partial charge on any atom is -0.486 e. The summed E-state index contributed by atoms with van der Waals surface area (Å²) in [5.41, 5.74) is 0.0391. The molecular weight excluding hydrogens is 404 g/mol. The lowest BCUT2D eigenvalue weighted by atomic mass is 9.89. The standard InChI is InChI=1S/C20H16F4N4O2/c21-11-3-10(4-12(22)5-11)16-1-2-19-26-28(20(29)27(16)19)13-6-14(7-13)30-17-9-25-18(24)8-15(17)23/h3-5,8-9,13-14,16H,1-2,6-7H2/t13?,14?,16-/m0/s1. The summed E-state index contributed by atoms with van der Waals surface area (Å²) in [5.74, 6) is -2.74. The molecule has 0 N–H and O–H groups in total. The lowest BCUT2D eigenvalue weighted by Gasteiger charge is -2.34. The van der Waals surface area contributed by atoms with E-state index in [0.717, 1.165) is 12.3 Å². The Morgan fingerprint density at radius 3 is 2.47 bits per heavy atom. The van der Waals surface area contributed by atoms with Crippen molar-refractivity contribution < 1.29 is 22.3 Å². The normalized spacial score (nSPS) is 22.6. The van der Waals surface area contributed by atoms with Gasteiger partial charge in [0, 0.05) is 31.4 Å². The molecule has 1 aromatic carbocycles. The van der Waals surface area contributed by atoms with Gasteiger partial charge in [0.05, 0.1) is 18.3 Å². The largest absolute Gasteiger partial charge is 0.486 e. The Kier molecular flexibility index (Phi) is 4.37. The van der Waals surface area contributed by atoms with E-state index < -0.39 is 29.4 Å². The number of rotatable bonds is 4. The van der Waals surface area contributed by atoms with Gasteiger partial charge in [-0.3, -0.25) is 4.57 Å². The monoisotopic (exact) mass is 420 g/mol. The number of aromatic nitrogens is 4. The summed E-state index contributed by atoms with van der Waals surface area (Å²) in [4.78, 5) is 16.3. The Bertz CT molecular complexity index is 1170. The van der Waals surface area contributed by atoms with Gasteiger partial charge in [-0.1, -0.05) is 0 Å². The van der Waals surface area contributed by atoms with Crippen LogP contribution < -0.4 is 10.4 Å². The van der Waals surface area contributed by atoms with Gasteiger partial charge in [-0.2, -0.15) is 9.49 Å². The molecular formula is C20H16F4N4O2. The Labute approximate surface area is 167 Å². The summed E-state index contributed by atoms with van der Waals surface area (Å²) >= 11 is 0. The van der Waals surface area contributed by atoms with Crippen LogP contribution in [0, 0.1) is 23.4 Å². The Morgan fingerprint density at radius 1 is 1.03 bits per heavy atom. The molecule has 1 saturated carbocycles. The Hall–Kier alpha value is -3.17. The number of nitrogens with zero attached hydrogens (tertiary/aromatic N) is 4. The maximum absolute atomic E-state index is 13.7. The van der Waals surface area contributed by atoms with Crippen LogP contribution in [0.5, 0.6) is 5.75 Å². The zero-order chi connectivity index (χ0) is 21.0. The topological polar surface area (TPSA) is 61.9 Å². The molecule has 2 aliphatic rings. The van der Waals surface area contributed by atoms with Gasteiger partial charge in [0.2, 0.25) is 5.95 Å². The molecule has 0 bridgehead atoms. The zero-order valence-electron chi connectivity index (χ0n) is 15.6. The van der Waals surface area contributed by atoms with Crippen LogP contribution in [0.3, 0.4) is 0 Å². The highest BCUT2D eigenvalue weighted by molar-refractivity contribution is 5.25. The number of fused-ring (bicyclic) bond motifs is 1. The molecule has 1 fully saturated rings. The molecule has 2 aromatic heterocycles. The third-order valence-corrected chi connectivity index (χ3v) is 5.62. The van der Waals surface area contributed by atoms with Crippen molar-refractivity contribution >= 4 is 0 Å². The number of halogens is 4. The number of benzene rings is 1. The van der Waals surface area contributed by atoms with Gasteiger partial charge in [-0.05, 0) is 24.1 Å². The van der Waals surface area contributed by atoms with Crippen molar-refractivity contribution in [3.63, 3.8) is 0 Å². The lowest BCUT2D eigenvalue weighted by Crippen LogP contribution is -2.41. The molecule has 1 atom stereocenters. The molecule has 5 rings (SSSR count). The van der Waals surface area contributed by atoms with Crippen LogP contribution in [0.4, 0.5) is 17.6 Å². The molecule has 1 aliphatic heterocycles. The summed E-state index contributed by atoms with van der Waals surface area (Å²) in [6.07, 6.45) is 2.53. The highest BCUT2D eigenvalue weighted by Crippen LogP contribution is 2.36. The van der Waals surface area contributed by atoms with Crippen molar-refractivity contribution in [1.29, 1.82) is 0 Å². The maximum atomic E-state index is 13.7. The summed E-state index contributed by atoms with van der Waals surface area (Å²) in [5, 5.41) is 4.39. The average Bonchev–Trinajstić information content (AvgIpc) is 3.19. The van der Waals surface area contributed by atoms with Crippen LogP contribution in [-0.4, -0.2) is 25.4 Å². The average molecular weight is 420 g/mol. The number of hydrogen-bond acceptors (Lipinski definition) is 4. The van der Waals surface area contributed by atoms with Gasteiger partial charge in [-0.15, -0.1) is 0 Å². The second kappa shape index (κ2) is 6.96. The molecule has 30 heavy (non-hydrogen) atoms. The lowest BCUT2D eigenvalue weighted by molar-refractivity contribution is 0.0584. The van der Waals surface area contributed by atoms with E-state index in [9.17, 15) is 22.4 Å². The molecule has 10 heteroatoms. The number of ether oxygens (including phenoxy) is 1. The van der Waals surface area contributed by atoms with Crippen molar-refractivity contribution in [1.82, 2.24) is 19.3 Å². The quantitative estimate of drug-likeness (QED) is 0.480. The van der Waals surface area contributed by atoms with Gasteiger partial charge < -0.3 is 4.74 Å². The van der Waals surface area contributed by atoms with Crippen LogP contribution in [0.25, 0.3) is 0 Å². The Balaban J connectivity index is 1.33. The van der Waals surface area contributed by atoms with Crippen molar-refractivity contribution in [3.8, 4) is 5.75 Å². The minimum absolute atomic E-state index is 0.146. The van der Waals surface area contributed by atoms with Crippen molar-refractivity contribution in [2.45, 2.75) is 43.9 Å². The molecule has 0 unspecified atom stereocenters. The number of aryl methyl sites for hydroxylation is 1. The predicted octanol–water partition coefficient (Wildman–Crippen LogP) is 3.31. The second-order valence-corrected chi connectivity index (χ2v) is 7.57. The molecule has 3 aromatic rings. The fraction of sp³-hybridized carbons (Fsp3) is 0.350. The third-order valence-electron chi connectivity index (χ3n) is 5.62. The van der Waals surface area contributed by atoms with Gasteiger partial charge in [0.1, 0.15) is 23.6 Å². The van der Waals surface area contributed by atoms with E-state index in [1.807, 2.05) is 0 Å². The molecule has 156 valence electrons. The van der Waals surface area contributed by atoms with Gasteiger partial charge in [0.25, 0.3) is 0 Å². The van der Waals surface area contributed by atoms with Crippen LogP contribution >= 0.6 is 0 Å². The third kappa shape index (κ3) is 3.16. The van der Waals surface area contributed by atoms with E-state index in [2.05, 4.69) is 10.1 Å². The summed E-state index contributed by atoms with van der Waals surface area (Å²) in [6, 6.07) is 3.18.